The Morgan fingerprint density at radius 2 is 2.10 bits per heavy atom. The van der Waals surface area contributed by atoms with Gasteiger partial charge in [0.05, 0.1) is 21.8 Å². The van der Waals surface area contributed by atoms with Gasteiger partial charge in [0.25, 0.3) is 0 Å². The highest BCUT2D eigenvalue weighted by Crippen LogP contribution is 2.29. The lowest BCUT2D eigenvalue weighted by Gasteiger charge is -2.11. The fraction of sp³-hybridized carbons (Fsp3) is 0.385. The van der Waals surface area contributed by atoms with Crippen molar-refractivity contribution in [3.05, 3.63) is 28.2 Å². The lowest BCUT2D eigenvalue weighted by molar-refractivity contribution is -0.136. The highest BCUT2D eigenvalue weighted by Gasteiger charge is 2.20. The molecular formula is C13H14Cl2N2O3. The summed E-state index contributed by atoms with van der Waals surface area (Å²) in [6.45, 7) is 1.03. The molecule has 108 valence electrons. The molecule has 0 aromatic heterocycles. The third kappa shape index (κ3) is 3.85. The quantitative estimate of drug-likeness (QED) is 0.840. The number of ether oxygens (including phenoxy) is 1. The monoisotopic (exact) mass is 316 g/mol. The van der Waals surface area contributed by atoms with Crippen molar-refractivity contribution in [2.24, 2.45) is 0 Å². The lowest BCUT2D eigenvalue weighted by atomic mass is 10.2. The largest absolute Gasteiger partial charge is 0.376 e. The van der Waals surface area contributed by atoms with Crippen LogP contribution in [0.2, 0.25) is 10.0 Å². The molecule has 1 heterocycles. The molecule has 0 saturated carbocycles. The molecule has 0 radical (unpaired) electrons. The molecule has 2 rings (SSSR count). The van der Waals surface area contributed by atoms with Gasteiger partial charge >= 0.3 is 11.8 Å². The van der Waals surface area contributed by atoms with Crippen molar-refractivity contribution in [2.45, 2.75) is 18.9 Å². The summed E-state index contributed by atoms with van der Waals surface area (Å²) in [6, 6.07) is 4.80. The number of benzene rings is 1. The van der Waals surface area contributed by atoms with Crippen LogP contribution < -0.4 is 10.6 Å². The molecular weight excluding hydrogens is 303 g/mol. The van der Waals surface area contributed by atoms with E-state index in [2.05, 4.69) is 10.6 Å². The van der Waals surface area contributed by atoms with Crippen molar-refractivity contribution in [3.8, 4) is 0 Å². The number of anilines is 1. The molecule has 1 fully saturated rings. The second kappa shape index (κ2) is 6.92. The number of hydrogen-bond donors (Lipinski definition) is 2. The van der Waals surface area contributed by atoms with E-state index in [1.165, 1.54) is 0 Å². The topological polar surface area (TPSA) is 67.4 Å². The summed E-state index contributed by atoms with van der Waals surface area (Å²) in [5.41, 5.74) is 0.302. The molecule has 0 spiro atoms. The van der Waals surface area contributed by atoms with Gasteiger partial charge in [-0.1, -0.05) is 29.3 Å². The maximum atomic E-state index is 11.7. The van der Waals surface area contributed by atoms with Gasteiger partial charge in [-0.3, -0.25) is 9.59 Å². The Balaban J connectivity index is 1.87. The zero-order chi connectivity index (χ0) is 14.5. The number of carbonyl (C=O) groups excluding carboxylic acids is 2. The highest BCUT2D eigenvalue weighted by atomic mass is 35.5. The normalized spacial score (nSPS) is 17.8. The van der Waals surface area contributed by atoms with Gasteiger partial charge in [0.2, 0.25) is 0 Å². The minimum absolute atomic E-state index is 0.0125. The van der Waals surface area contributed by atoms with Crippen LogP contribution in [0.5, 0.6) is 0 Å². The van der Waals surface area contributed by atoms with Crippen molar-refractivity contribution in [2.75, 3.05) is 18.5 Å². The van der Waals surface area contributed by atoms with Gasteiger partial charge in [-0.25, -0.2) is 0 Å². The molecule has 1 aromatic carbocycles. The molecule has 1 aliphatic heterocycles. The Morgan fingerprint density at radius 3 is 2.80 bits per heavy atom. The lowest BCUT2D eigenvalue weighted by Crippen LogP contribution is -2.39. The van der Waals surface area contributed by atoms with Gasteiger partial charge in [-0.05, 0) is 25.0 Å². The molecule has 1 unspecified atom stereocenters. The second-order valence-corrected chi connectivity index (χ2v) is 5.19. The summed E-state index contributed by atoms with van der Waals surface area (Å²) in [5.74, 6) is -1.51. The van der Waals surface area contributed by atoms with Gasteiger partial charge in [-0.15, -0.1) is 0 Å². The number of nitrogens with one attached hydrogen (secondary N) is 2. The van der Waals surface area contributed by atoms with Crippen LogP contribution in [0.15, 0.2) is 18.2 Å². The fourth-order valence-corrected chi connectivity index (χ4v) is 2.22. The Hall–Kier alpha value is -1.30. The van der Waals surface area contributed by atoms with Crippen LogP contribution in [-0.2, 0) is 14.3 Å². The molecule has 0 bridgehead atoms. The Morgan fingerprint density at radius 1 is 1.30 bits per heavy atom. The molecule has 2 amide bonds. The van der Waals surface area contributed by atoms with Gasteiger partial charge in [0.1, 0.15) is 0 Å². The number of halogens is 2. The van der Waals surface area contributed by atoms with Crippen LogP contribution in [0, 0.1) is 0 Å². The van der Waals surface area contributed by atoms with E-state index in [1.54, 1.807) is 18.2 Å². The van der Waals surface area contributed by atoms with E-state index in [1.807, 2.05) is 0 Å². The molecule has 1 aliphatic rings. The molecule has 20 heavy (non-hydrogen) atoms. The smallest absolute Gasteiger partial charge is 0.313 e. The van der Waals surface area contributed by atoms with Crippen LogP contribution in [0.25, 0.3) is 0 Å². The van der Waals surface area contributed by atoms with E-state index < -0.39 is 11.8 Å². The molecule has 1 aromatic rings. The maximum absolute atomic E-state index is 11.7. The Kier molecular flexibility index (Phi) is 5.23. The summed E-state index contributed by atoms with van der Waals surface area (Å²) in [5, 5.41) is 5.46. The van der Waals surface area contributed by atoms with Gasteiger partial charge < -0.3 is 15.4 Å². The van der Waals surface area contributed by atoms with Crippen LogP contribution in [0.4, 0.5) is 5.69 Å². The Labute approximate surface area is 126 Å². The molecule has 5 nitrogen and oxygen atoms in total. The summed E-state index contributed by atoms with van der Waals surface area (Å²) < 4.78 is 5.35. The van der Waals surface area contributed by atoms with Gasteiger partial charge in [-0.2, -0.15) is 0 Å². The van der Waals surface area contributed by atoms with Crippen molar-refractivity contribution >= 4 is 40.7 Å². The minimum Gasteiger partial charge on any atom is -0.376 e. The zero-order valence-electron chi connectivity index (χ0n) is 10.6. The number of hydrogen-bond acceptors (Lipinski definition) is 3. The van der Waals surface area contributed by atoms with Crippen molar-refractivity contribution in [1.82, 2.24) is 5.32 Å². The first-order valence-corrected chi connectivity index (χ1v) is 6.98. The van der Waals surface area contributed by atoms with Crippen molar-refractivity contribution < 1.29 is 14.3 Å². The first kappa shape index (κ1) is 15.1. The van der Waals surface area contributed by atoms with Crippen molar-refractivity contribution in [1.29, 1.82) is 0 Å². The van der Waals surface area contributed by atoms with E-state index >= 15 is 0 Å². The molecule has 2 N–H and O–H groups in total. The fourth-order valence-electron chi connectivity index (χ4n) is 1.87. The average molecular weight is 317 g/mol. The standard InChI is InChI=1S/C13H14Cl2N2O3/c14-9-4-1-5-10(11(9)15)17-13(19)12(18)16-7-8-3-2-6-20-8/h1,4-5,8H,2-3,6-7H2,(H,16,18)(H,17,19). The zero-order valence-corrected chi connectivity index (χ0v) is 12.1. The molecule has 7 heteroatoms. The third-order valence-corrected chi connectivity index (χ3v) is 3.74. The summed E-state index contributed by atoms with van der Waals surface area (Å²) >= 11 is 11.7. The van der Waals surface area contributed by atoms with Gasteiger partial charge in [0.15, 0.2) is 0 Å². The minimum atomic E-state index is -0.785. The number of carbonyl (C=O) groups is 2. The molecule has 1 atom stereocenters. The second-order valence-electron chi connectivity index (χ2n) is 4.40. The summed E-state index contributed by atoms with van der Waals surface area (Å²) in [6.07, 6.45) is 1.86. The van der Waals surface area contributed by atoms with Crippen LogP contribution in [0.1, 0.15) is 12.8 Å². The number of amides is 2. The Bertz CT molecular complexity index is 516. The maximum Gasteiger partial charge on any atom is 0.313 e. The van der Waals surface area contributed by atoms with Gasteiger partial charge in [0, 0.05) is 13.2 Å². The van der Waals surface area contributed by atoms with E-state index in [0.29, 0.717) is 23.9 Å². The van der Waals surface area contributed by atoms with Crippen LogP contribution >= 0.6 is 23.2 Å². The molecule has 1 saturated heterocycles. The van der Waals surface area contributed by atoms with E-state index in [-0.39, 0.29) is 11.1 Å². The summed E-state index contributed by atoms with van der Waals surface area (Å²) in [7, 11) is 0. The molecule has 0 aliphatic carbocycles. The first-order chi connectivity index (χ1) is 9.58. The highest BCUT2D eigenvalue weighted by molar-refractivity contribution is 6.45. The van der Waals surface area contributed by atoms with E-state index in [0.717, 1.165) is 12.8 Å². The van der Waals surface area contributed by atoms with Crippen LogP contribution in [-0.4, -0.2) is 31.1 Å². The summed E-state index contributed by atoms with van der Waals surface area (Å²) in [4.78, 5) is 23.4. The van der Waals surface area contributed by atoms with Crippen LogP contribution in [0.3, 0.4) is 0 Å². The predicted molar refractivity (Wildman–Crippen MR) is 77.1 cm³/mol. The first-order valence-electron chi connectivity index (χ1n) is 6.22. The SMILES string of the molecule is O=C(NCC1CCCO1)C(=O)Nc1cccc(Cl)c1Cl. The third-order valence-electron chi connectivity index (χ3n) is 2.92. The average Bonchev–Trinajstić information content (AvgIpc) is 2.94. The van der Waals surface area contributed by atoms with E-state index in [9.17, 15) is 9.59 Å². The van der Waals surface area contributed by atoms with Crippen molar-refractivity contribution in [3.63, 3.8) is 0 Å². The predicted octanol–water partition coefficient (Wildman–Crippen LogP) is 2.23. The van der Waals surface area contributed by atoms with E-state index in [4.69, 9.17) is 27.9 Å². The number of rotatable bonds is 3.